The van der Waals surface area contributed by atoms with Crippen molar-refractivity contribution in [3.63, 3.8) is 0 Å². The fourth-order valence-corrected chi connectivity index (χ4v) is 5.06. The van der Waals surface area contributed by atoms with E-state index in [0.717, 1.165) is 19.4 Å². The van der Waals surface area contributed by atoms with E-state index in [9.17, 15) is 14.4 Å². The molecular weight excluding hydrogens is 504 g/mol. The number of hydrogen-bond donors (Lipinski definition) is 0. The molecule has 0 atom stereocenters. The second-order valence-corrected chi connectivity index (χ2v) is 10.9. The molecule has 1 aliphatic rings. The van der Waals surface area contributed by atoms with Crippen molar-refractivity contribution in [3.8, 4) is 0 Å². The van der Waals surface area contributed by atoms with Crippen LogP contribution in [0.2, 0.25) is 0 Å². The van der Waals surface area contributed by atoms with Gasteiger partial charge in [-0.05, 0) is 43.4 Å². The highest BCUT2D eigenvalue weighted by molar-refractivity contribution is 5.88. The number of aryl methyl sites for hydroxylation is 4. The van der Waals surface area contributed by atoms with Crippen LogP contribution in [0.15, 0.2) is 49.8 Å². The second-order valence-electron chi connectivity index (χ2n) is 10.9. The smallest absolute Gasteiger partial charge is 0.248 e. The van der Waals surface area contributed by atoms with Crippen molar-refractivity contribution in [2.75, 3.05) is 20.0 Å². The fourth-order valence-electron chi connectivity index (χ4n) is 5.06. The lowest BCUT2D eigenvalue weighted by Crippen LogP contribution is -2.59. The minimum atomic E-state index is -0.289. The molecule has 0 saturated carbocycles. The normalized spacial score (nSPS) is 13.6. The average molecular weight is 554 g/mol. The van der Waals surface area contributed by atoms with E-state index < -0.39 is 0 Å². The Kier molecular flexibility index (Phi) is 13.0. The summed E-state index contributed by atoms with van der Waals surface area (Å²) in [6.07, 6.45) is 22.9. The first-order valence-corrected chi connectivity index (χ1v) is 15.1. The summed E-state index contributed by atoms with van der Waals surface area (Å²) in [7, 11) is 0. The van der Waals surface area contributed by atoms with Crippen LogP contribution in [0.4, 0.5) is 0 Å². The molecule has 3 heterocycles. The van der Waals surface area contributed by atoms with E-state index in [1.807, 2.05) is 29.5 Å². The van der Waals surface area contributed by atoms with Gasteiger partial charge in [0.2, 0.25) is 24.0 Å². The molecule has 0 radical (unpaired) electrons. The fraction of sp³-hybridized carbons (Fsp3) is 0.613. The lowest BCUT2D eigenvalue weighted by molar-refractivity contribution is -0.696. The number of rotatable bonds is 17. The van der Waals surface area contributed by atoms with Crippen molar-refractivity contribution in [2.45, 2.75) is 104 Å². The SMILES string of the molecule is C=CC(=O)N1CN(C(=O)CCn2ccc(CCCCCC)c2)CN(C(=O)CCn2cc[n+](CCCCCC)c2)C1. The van der Waals surface area contributed by atoms with Crippen molar-refractivity contribution in [1.82, 2.24) is 23.8 Å². The van der Waals surface area contributed by atoms with E-state index in [1.165, 1.54) is 61.5 Å². The zero-order chi connectivity index (χ0) is 28.7. The molecule has 3 amide bonds. The minimum Gasteiger partial charge on any atom is -0.353 e. The zero-order valence-corrected chi connectivity index (χ0v) is 24.7. The van der Waals surface area contributed by atoms with Gasteiger partial charge in [0.05, 0.1) is 39.5 Å². The molecular formula is C31H49N6O3+. The minimum absolute atomic E-state index is 0.0768. The Bertz CT molecular complexity index is 1020. The summed E-state index contributed by atoms with van der Waals surface area (Å²) in [5, 5.41) is 0. The van der Waals surface area contributed by atoms with Crippen LogP contribution in [0.3, 0.4) is 0 Å². The lowest BCUT2D eigenvalue weighted by Gasteiger charge is -2.42. The van der Waals surface area contributed by atoms with Gasteiger partial charge in [0.15, 0.2) is 0 Å². The second kappa shape index (κ2) is 16.7. The third-order valence-electron chi connectivity index (χ3n) is 7.53. The Morgan fingerprint density at radius 2 is 1.45 bits per heavy atom. The average Bonchev–Trinajstić information content (AvgIpc) is 3.63. The quantitative estimate of drug-likeness (QED) is 0.166. The van der Waals surface area contributed by atoms with Gasteiger partial charge >= 0.3 is 0 Å². The van der Waals surface area contributed by atoms with Gasteiger partial charge in [-0.2, -0.15) is 0 Å². The number of amides is 3. The van der Waals surface area contributed by atoms with Crippen LogP contribution >= 0.6 is 0 Å². The molecule has 1 saturated heterocycles. The summed E-state index contributed by atoms with van der Waals surface area (Å²) in [5.41, 5.74) is 1.30. The molecule has 0 aliphatic carbocycles. The van der Waals surface area contributed by atoms with Gasteiger partial charge in [-0.3, -0.25) is 14.4 Å². The summed E-state index contributed by atoms with van der Waals surface area (Å²) in [6.45, 7) is 10.6. The Balaban J connectivity index is 1.51. The van der Waals surface area contributed by atoms with E-state index in [-0.39, 0.29) is 37.7 Å². The summed E-state index contributed by atoms with van der Waals surface area (Å²) in [6, 6.07) is 2.13. The van der Waals surface area contributed by atoms with Gasteiger partial charge in [0, 0.05) is 25.4 Å². The largest absolute Gasteiger partial charge is 0.353 e. The van der Waals surface area contributed by atoms with Gasteiger partial charge in [0.1, 0.15) is 12.4 Å². The first-order chi connectivity index (χ1) is 19.4. The number of nitrogens with zero attached hydrogens (tertiary/aromatic N) is 6. The van der Waals surface area contributed by atoms with Crippen LogP contribution in [0.25, 0.3) is 0 Å². The van der Waals surface area contributed by atoms with Crippen molar-refractivity contribution >= 4 is 17.7 Å². The highest BCUT2D eigenvalue weighted by Crippen LogP contribution is 2.14. The topological polar surface area (TPSA) is 74.7 Å². The molecule has 0 unspecified atom stereocenters. The molecule has 2 aromatic rings. The standard InChI is InChI=1S/C31H49N6O3/c1-4-7-9-11-13-28-14-18-32(23-28)19-15-30(39)36-25-35(29(38)6-3)26-37(27-36)31(40)16-20-34-22-21-33(24-34)17-12-10-8-5-2/h6,14,18,21-24H,3-5,7-13,15-17,19-20,25-27H2,1-2H3/q+1. The zero-order valence-electron chi connectivity index (χ0n) is 24.7. The summed E-state index contributed by atoms with van der Waals surface area (Å²) < 4.78 is 6.23. The molecule has 9 nitrogen and oxygen atoms in total. The number of unbranched alkanes of at least 4 members (excludes halogenated alkanes) is 6. The molecule has 3 rings (SSSR count). The Morgan fingerprint density at radius 1 is 0.825 bits per heavy atom. The van der Waals surface area contributed by atoms with Crippen LogP contribution in [-0.2, 0) is 40.4 Å². The van der Waals surface area contributed by atoms with Gasteiger partial charge < -0.3 is 19.3 Å². The molecule has 40 heavy (non-hydrogen) atoms. The number of carbonyl (C=O) groups is 3. The Morgan fingerprint density at radius 3 is 2.10 bits per heavy atom. The van der Waals surface area contributed by atoms with Crippen molar-refractivity contribution in [3.05, 3.63) is 55.4 Å². The van der Waals surface area contributed by atoms with Crippen molar-refractivity contribution in [1.29, 1.82) is 0 Å². The molecule has 0 N–H and O–H groups in total. The molecule has 9 heteroatoms. The van der Waals surface area contributed by atoms with Crippen molar-refractivity contribution in [2.24, 2.45) is 0 Å². The molecule has 1 aliphatic heterocycles. The predicted molar refractivity (Wildman–Crippen MR) is 156 cm³/mol. The van der Waals surface area contributed by atoms with Crippen LogP contribution in [0.1, 0.15) is 83.6 Å². The molecule has 0 spiro atoms. The maximum Gasteiger partial charge on any atom is 0.248 e. The van der Waals surface area contributed by atoms with Gasteiger partial charge in [-0.1, -0.05) is 52.5 Å². The van der Waals surface area contributed by atoms with Crippen LogP contribution < -0.4 is 4.57 Å². The highest BCUT2D eigenvalue weighted by Gasteiger charge is 2.31. The maximum absolute atomic E-state index is 13.2. The Labute approximate surface area is 240 Å². The summed E-state index contributed by atoms with van der Waals surface area (Å²) in [4.78, 5) is 43.4. The van der Waals surface area contributed by atoms with Gasteiger partial charge in [-0.15, -0.1) is 0 Å². The monoisotopic (exact) mass is 553 g/mol. The molecule has 1 fully saturated rings. The van der Waals surface area contributed by atoms with Gasteiger partial charge in [-0.25, -0.2) is 9.13 Å². The summed E-state index contributed by atoms with van der Waals surface area (Å²) in [5.74, 6) is -0.448. The number of imidazole rings is 1. The van der Waals surface area contributed by atoms with E-state index in [0.29, 0.717) is 25.9 Å². The number of carbonyl (C=O) groups excluding carboxylic acids is 3. The van der Waals surface area contributed by atoms with E-state index >= 15 is 0 Å². The first kappa shape index (κ1) is 31.2. The third-order valence-corrected chi connectivity index (χ3v) is 7.53. The maximum atomic E-state index is 13.2. The first-order valence-electron chi connectivity index (χ1n) is 15.1. The van der Waals surface area contributed by atoms with Crippen molar-refractivity contribution < 1.29 is 19.0 Å². The molecule has 2 aromatic heterocycles. The molecule has 220 valence electrons. The van der Waals surface area contributed by atoms with Crippen LogP contribution in [0, 0.1) is 0 Å². The van der Waals surface area contributed by atoms with E-state index in [1.54, 1.807) is 9.80 Å². The Hall–Kier alpha value is -3.36. The highest BCUT2D eigenvalue weighted by atomic mass is 16.2. The van der Waals surface area contributed by atoms with E-state index in [2.05, 4.69) is 41.8 Å². The third kappa shape index (κ3) is 9.99. The summed E-state index contributed by atoms with van der Waals surface area (Å²) >= 11 is 0. The predicted octanol–water partition coefficient (Wildman–Crippen LogP) is 4.32. The van der Waals surface area contributed by atoms with E-state index in [4.69, 9.17) is 0 Å². The van der Waals surface area contributed by atoms with Crippen LogP contribution in [-0.4, -0.2) is 61.6 Å². The van der Waals surface area contributed by atoms with Gasteiger partial charge in [0.25, 0.3) is 0 Å². The molecule has 0 bridgehead atoms. The number of hydrogen-bond acceptors (Lipinski definition) is 3. The molecule has 0 aromatic carbocycles. The number of aromatic nitrogens is 3. The van der Waals surface area contributed by atoms with Crippen LogP contribution in [0.5, 0.6) is 0 Å². The lowest BCUT2D eigenvalue weighted by atomic mass is 10.1.